The van der Waals surface area contributed by atoms with Crippen molar-refractivity contribution in [3.05, 3.63) is 52.1 Å². The van der Waals surface area contributed by atoms with Gasteiger partial charge in [0.25, 0.3) is 5.91 Å². The van der Waals surface area contributed by atoms with Gasteiger partial charge in [-0.05, 0) is 25.2 Å². The van der Waals surface area contributed by atoms with Crippen LogP contribution in [-0.2, 0) is 50.6 Å². The molecule has 26 nitrogen and oxygen atoms in total. The van der Waals surface area contributed by atoms with Crippen LogP contribution in [0.15, 0.2) is 35.3 Å². The van der Waals surface area contributed by atoms with E-state index in [1.807, 2.05) is 13.8 Å². The third kappa shape index (κ3) is 20.7. The first-order valence-electron chi connectivity index (χ1n) is 17.7. The lowest BCUT2D eigenvalue weighted by atomic mass is 10.2. The number of hydrogen-bond acceptors (Lipinski definition) is 19. The van der Waals surface area contributed by atoms with Gasteiger partial charge in [0.05, 0.1) is 38.0 Å². The lowest BCUT2D eigenvalue weighted by Crippen LogP contribution is -2.33. The molecule has 6 atom stereocenters. The van der Waals surface area contributed by atoms with Crippen molar-refractivity contribution in [2.75, 3.05) is 72.6 Å². The van der Waals surface area contributed by atoms with Gasteiger partial charge in [0.1, 0.15) is 43.3 Å². The van der Waals surface area contributed by atoms with Crippen molar-refractivity contribution in [2.45, 2.75) is 44.9 Å². The number of anilines is 1. The zero-order valence-corrected chi connectivity index (χ0v) is 35.8. The number of rotatable bonds is 22. The Balaban J connectivity index is 0.00000436. The van der Waals surface area contributed by atoms with E-state index in [2.05, 4.69) is 46.3 Å². The second-order valence-electron chi connectivity index (χ2n) is 11.2. The van der Waals surface area contributed by atoms with E-state index in [0.29, 0.717) is 24.4 Å². The Morgan fingerprint density at radius 2 is 1.78 bits per heavy atom. The highest BCUT2D eigenvalue weighted by atomic mass is 31.3. The molecule has 3 rings (SSSR count). The zero-order valence-electron chi connectivity index (χ0n) is 33.1. The van der Waals surface area contributed by atoms with E-state index < -0.39 is 66.3 Å². The highest BCUT2D eigenvalue weighted by molar-refractivity contribution is 7.66. The van der Waals surface area contributed by atoms with E-state index in [1.165, 1.54) is 20.4 Å². The van der Waals surface area contributed by atoms with Crippen molar-refractivity contribution in [3.63, 3.8) is 0 Å². The fourth-order valence-corrected chi connectivity index (χ4v) is 7.55. The maximum Gasteiger partial charge on any atom is 0.490 e. The summed E-state index contributed by atoms with van der Waals surface area (Å²) in [7, 11) is -14.0. The summed E-state index contributed by atoms with van der Waals surface area (Å²) in [4.78, 5) is 77.0. The highest BCUT2D eigenvalue weighted by Crippen LogP contribution is 2.66. The van der Waals surface area contributed by atoms with Crippen LogP contribution < -0.4 is 44.0 Å². The number of nitrogens with two attached hydrogens (primary N) is 4. The Morgan fingerprint density at radius 3 is 2.43 bits per heavy atom. The number of nitrogens with zero attached hydrogens (tertiary/aromatic N) is 2. The van der Waals surface area contributed by atoms with Gasteiger partial charge in [-0.15, -0.1) is 0 Å². The fraction of sp³-hybridized carbons (Fsp3) is 0.548. The second kappa shape index (κ2) is 27.3. The topological polar surface area (TPSA) is 403 Å². The van der Waals surface area contributed by atoms with Gasteiger partial charge in [0.15, 0.2) is 0 Å². The largest absolute Gasteiger partial charge is 0.490 e. The first-order chi connectivity index (χ1) is 28.3. The molecule has 0 radical (unpaired) electrons. The molecule has 0 aliphatic carbocycles. The summed E-state index contributed by atoms with van der Waals surface area (Å²) in [5, 5.41) is 5.17. The molecule has 1 aliphatic heterocycles. The number of nitrogen functional groups attached to an aromatic ring is 1. The number of aromatic nitrogens is 2. The number of methoxy groups -OCH3 is 1. The monoisotopic (exact) mass is 918 g/mol. The number of phosphoric acid groups is 3. The molecule has 2 heterocycles. The van der Waals surface area contributed by atoms with Gasteiger partial charge >= 0.3 is 29.2 Å². The standard InChI is InChI=1S/C28H42N7O18P3.C2H6.CH5N/c1-46-21-13-25(51-22(21)15-50-55(42,43)53-56(44,45)52-54(39,40)41)35-14-19(26(31)34-28(35)38)5-3-8-32-24(36)17-47-10-11-48-23(30)16-49-20-6-2-4-18(12-20)27(37)33-9-7-29;2*1-2/h2,4,6,12,14,21-23,25H,7-11,13,15-17,29-30H2,1H3,(H,32,36)(H,33,37)(H,42,43)(H,44,45)(H2,31,34,38)(H2,39,40,41);1-2H3;2H2,1H3/t21-,22?,23?,25?;;/m1../s1. The first-order valence-corrected chi connectivity index (χ1v) is 22.2. The highest BCUT2D eigenvalue weighted by Gasteiger charge is 2.43. The van der Waals surface area contributed by atoms with Crippen LogP contribution in [0.1, 0.15) is 42.4 Å². The van der Waals surface area contributed by atoms with Crippen molar-refractivity contribution in [3.8, 4) is 17.6 Å². The first kappa shape index (κ1) is 54.3. The van der Waals surface area contributed by atoms with Crippen LogP contribution in [0.25, 0.3) is 0 Å². The molecule has 2 amide bonds. The Morgan fingerprint density at radius 1 is 1.08 bits per heavy atom. The third-order valence-electron chi connectivity index (χ3n) is 6.92. The van der Waals surface area contributed by atoms with Crippen molar-refractivity contribution in [2.24, 2.45) is 17.2 Å². The summed E-state index contributed by atoms with van der Waals surface area (Å²) >= 11 is 0. The predicted molar refractivity (Wildman–Crippen MR) is 211 cm³/mol. The van der Waals surface area contributed by atoms with Crippen LogP contribution in [-0.4, -0.2) is 126 Å². The average molecular weight is 919 g/mol. The Bertz CT molecular complexity index is 1930. The molecule has 340 valence electrons. The number of nitrogens with one attached hydrogen (secondary N) is 2. The van der Waals surface area contributed by atoms with Gasteiger partial charge < -0.3 is 76.8 Å². The van der Waals surface area contributed by atoms with E-state index in [1.54, 1.807) is 24.3 Å². The van der Waals surface area contributed by atoms with Gasteiger partial charge in [0, 0.05) is 38.4 Å². The summed E-state index contributed by atoms with van der Waals surface area (Å²) in [6, 6.07) is 6.49. The molecule has 29 heteroatoms. The predicted octanol–water partition coefficient (Wildman–Crippen LogP) is -1.37. The number of benzene rings is 1. The molecule has 2 aromatic rings. The molecule has 14 N–H and O–H groups in total. The molecule has 0 bridgehead atoms. The van der Waals surface area contributed by atoms with E-state index >= 15 is 0 Å². The maximum absolute atomic E-state index is 12.6. The van der Waals surface area contributed by atoms with Crippen LogP contribution >= 0.6 is 23.5 Å². The molecule has 60 heavy (non-hydrogen) atoms. The summed E-state index contributed by atoms with van der Waals surface area (Å²) in [6.45, 7) is 3.40. The molecular formula is C31H53N8O18P3. The fourth-order valence-electron chi connectivity index (χ4n) is 4.52. The summed E-state index contributed by atoms with van der Waals surface area (Å²) in [5.74, 6) is 4.70. The van der Waals surface area contributed by atoms with Crippen LogP contribution in [0.3, 0.4) is 0 Å². The normalized spacial score (nSPS) is 18.4. The van der Waals surface area contributed by atoms with Gasteiger partial charge in [0.2, 0.25) is 5.91 Å². The SMILES string of the molecule is CC.CN.CO[C@@H]1CC(n2cc(C#CCNC(=O)COCCOC(N)COc3cccc(C(=O)NCCN)c3)c(N)nc2=O)OC1COP(=O)(O)OP(=O)(O)OP(=O)(O)O. The molecular weight excluding hydrogens is 865 g/mol. The quantitative estimate of drug-likeness (QED) is 0.0282. The third-order valence-corrected chi connectivity index (χ3v) is 10.7. The molecule has 1 saturated heterocycles. The number of carbonyl (C=O) groups is 2. The minimum absolute atomic E-state index is 0.0200. The van der Waals surface area contributed by atoms with Crippen LogP contribution in [0, 0.1) is 11.8 Å². The Hall–Kier alpha value is -3.67. The van der Waals surface area contributed by atoms with E-state index in [4.69, 9.17) is 50.7 Å². The molecule has 1 aromatic carbocycles. The van der Waals surface area contributed by atoms with Crippen LogP contribution in [0.5, 0.6) is 5.75 Å². The smallest absolute Gasteiger partial charge is 0.489 e. The number of amides is 2. The summed E-state index contributed by atoms with van der Waals surface area (Å²) in [6.07, 6.45) is -2.79. The summed E-state index contributed by atoms with van der Waals surface area (Å²) in [5.41, 5.74) is 21.2. The average Bonchev–Trinajstić information content (AvgIpc) is 3.61. The zero-order chi connectivity index (χ0) is 45.5. The van der Waals surface area contributed by atoms with Gasteiger partial charge in [-0.2, -0.15) is 13.6 Å². The van der Waals surface area contributed by atoms with Crippen molar-refractivity contribution in [1.82, 2.24) is 20.2 Å². The Kier molecular flexibility index (Phi) is 24.7. The van der Waals surface area contributed by atoms with E-state index in [-0.39, 0.29) is 56.7 Å². The lowest BCUT2D eigenvalue weighted by molar-refractivity contribution is -0.126. The van der Waals surface area contributed by atoms with Gasteiger partial charge in [-0.25, -0.2) is 18.5 Å². The molecule has 1 aromatic heterocycles. The molecule has 5 unspecified atom stereocenters. The van der Waals surface area contributed by atoms with Crippen LogP contribution in [0.4, 0.5) is 5.82 Å². The Labute approximate surface area is 344 Å². The number of ether oxygens (including phenoxy) is 5. The number of phosphoric ester groups is 1. The molecule has 0 saturated carbocycles. The van der Waals surface area contributed by atoms with E-state index in [9.17, 15) is 37.9 Å². The molecule has 1 aliphatic rings. The minimum Gasteiger partial charge on any atom is -0.489 e. The molecule has 1 fully saturated rings. The maximum atomic E-state index is 12.6. The number of carbonyl (C=O) groups excluding carboxylic acids is 2. The van der Waals surface area contributed by atoms with Crippen LogP contribution in [0.2, 0.25) is 0 Å². The second-order valence-corrected chi connectivity index (χ2v) is 15.6. The molecule has 0 spiro atoms. The number of hydrogen-bond donors (Lipinski definition) is 10. The van der Waals surface area contributed by atoms with Crippen molar-refractivity contribution < 1.29 is 79.7 Å². The minimum atomic E-state index is -5.74. The van der Waals surface area contributed by atoms with Crippen molar-refractivity contribution >= 4 is 41.1 Å². The summed E-state index contributed by atoms with van der Waals surface area (Å²) < 4.78 is 74.7. The van der Waals surface area contributed by atoms with E-state index in [0.717, 1.165) is 4.57 Å². The van der Waals surface area contributed by atoms with Gasteiger partial charge in [-0.1, -0.05) is 31.8 Å². The van der Waals surface area contributed by atoms with Gasteiger partial charge in [-0.3, -0.25) is 18.7 Å². The lowest BCUT2D eigenvalue weighted by Gasteiger charge is -2.20. The van der Waals surface area contributed by atoms with Crippen molar-refractivity contribution in [1.29, 1.82) is 0 Å².